The molecule has 1 amide bonds. The quantitative estimate of drug-likeness (QED) is 0.525. The summed E-state index contributed by atoms with van der Waals surface area (Å²) in [4.78, 5) is 10.8. The van der Waals surface area contributed by atoms with Crippen LogP contribution >= 0.6 is 0 Å². The Bertz CT molecular complexity index is 408. The van der Waals surface area contributed by atoms with Crippen molar-refractivity contribution in [1.29, 1.82) is 0 Å². The van der Waals surface area contributed by atoms with Crippen molar-refractivity contribution in [2.75, 3.05) is 11.1 Å². The Kier molecular flexibility index (Phi) is 3.64. The highest BCUT2D eigenvalue weighted by molar-refractivity contribution is 7.74. The first-order chi connectivity index (χ1) is 6.99. The number of nitrogens with one attached hydrogen (secondary N) is 1. The van der Waals surface area contributed by atoms with Crippen molar-refractivity contribution in [1.82, 2.24) is 0 Å². The lowest BCUT2D eigenvalue weighted by molar-refractivity contribution is -0.114. The fourth-order valence-electron chi connectivity index (χ4n) is 0.978. The van der Waals surface area contributed by atoms with Crippen molar-refractivity contribution in [3.8, 4) is 5.75 Å². The van der Waals surface area contributed by atoms with E-state index in [1.54, 1.807) is 6.07 Å². The molecule has 1 unspecified atom stereocenters. The summed E-state index contributed by atoms with van der Waals surface area (Å²) < 4.78 is 23.6. The second-order valence-electron chi connectivity index (χ2n) is 2.74. The van der Waals surface area contributed by atoms with Crippen molar-refractivity contribution in [3.63, 3.8) is 0 Å². The van der Waals surface area contributed by atoms with E-state index in [2.05, 4.69) is 9.50 Å². The van der Waals surface area contributed by atoms with E-state index < -0.39 is 11.4 Å². The van der Waals surface area contributed by atoms with Crippen LogP contribution in [-0.2, 0) is 16.2 Å². The Morgan fingerprint density at radius 2 is 2.27 bits per heavy atom. The predicted molar refractivity (Wildman–Crippen MR) is 56.6 cm³/mol. The lowest BCUT2D eigenvalue weighted by atomic mass is 10.2. The second-order valence-corrected chi connectivity index (χ2v) is 3.34. The largest absolute Gasteiger partial charge is 0.399 e. The van der Waals surface area contributed by atoms with E-state index in [1.165, 1.54) is 19.1 Å². The van der Waals surface area contributed by atoms with E-state index in [-0.39, 0.29) is 11.7 Å². The molecule has 7 heteroatoms. The fourth-order valence-corrected chi connectivity index (χ4v) is 1.27. The summed E-state index contributed by atoms with van der Waals surface area (Å²) in [5.41, 5.74) is 6.12. The maximum absolute atomic E-state index is 10.8. The van der Waals surface area contributed by atoms with Gasteiger partial charge in [-0.3, -0.25) is 9.35 Å². The minimum absolute atomic E-state index is 0.0473. The van der Waals surface area contributed by atoms with E-state index in [4.69, 9.17) is 10.3 Å². The number of rotatable bonds is 3. The Morgan fingerprint density at radius 1 is 1.60 bits per heavy atom. The van der Waals surface area contributed by atoms with E-state index in [0.29, 0.717) is 11.4 Å². The number of benzene rings is 1. The van der Waals surface area contributed by atoms with Crippen LogP contribution in [0.25, 0.3) is 0 Å². The molecule has 0 radical (unpaired) electrons. The minimum atomic E-state index is -2.46. The summed E-state index contributed by atoms with van der Waals surface area (Å²) in [6.45, 7) is 1.32. The highest BCUT2D eigenvalue weighted by Gasteiger charge is 2.08. The number of hydrogen-bond donors (Lipinski definition) is 3. The maximum Gasteiger partial charge on any atom is 0.357 e. The molecule has 6 nitrogen and oxygen atoms in total. The number of hydrogen-bond acceptors (Lipinski definition) is 4. The molecule has 0 aliphatic rings. The fraction of sp³-hybridized carbons (Fsp3) is 0.125. The van der Waals surface area contributed by atoms with Gasteiger partial charge in [0.2, 0.25) is 5.91 Å². The summed E-state index contributed by atoms with van der Waals surface area (Å²) in [7, 11) is 0. The molecule has 0 saturated heterocycles. The normalized spacial score (nSPS) is 11.9. The summed E-state index contributed by atoms with van der Waals surface area (Å²) in [5, 5.41) is 2.44. The van der Waals surface area contributed by atoms with Gasteiger partial charge in [-0.05, 0) is 12.1 Å². The van der Waals surface area contributed by atoms with Crippen LogP contribution in [0.4, 0.5) is 11.4 Å². The number of anilines is 2. The zero-order chi connectivity index (χ0) is 11.4. The Balaban J connectivity index is 3.02. The van der Waals surface area contributed by atoms with Crippen LogP contribution < -0.4 is 15.2 Å². The van der Waals surface area contributed by atoms with Crippen molar-refractivity contribution in [3.05, 3.63) is 18.2 Å². The van der Waals surface area contributed by atoms with Gasteiger partial charge in [-0.2, -0.15) is 4.21 Å². The monoisotopic (exact) mass is 230 g/mol. The van der Waals surface area contributed by atoms with Crippen LogP contribution in [0.3, 0.4) is 0 Å². The molecule has 0 heterocycles. The molecule has 0 aliphatic heterocycles. The van der Waals surface area contributed by atoms with E-state index in [1.807, 2.05) is 0 Å². The van der Waals surface area contributed by atoms with Gasteiger partial charge in [0.05, 0.1) is 5.69 Å². The highest BCUT2D eigenvalue weighted by Crippen LogP contribution is 2.27. The summed E-state index contributed by atoms with van der Waals surface area (Å²) in [6.07, 6.45) is 0. The molecule has 82 valence electrons. The molecule has 0 fully saturated rings. The van der Waals surface area contributed by atoms with Crippen molar-refractivity contribution >= 4 is 28.6 Å². The highest BCUT2D eigenvalue weighted by atomic mass is 32.2. The molecule has 0 saturated carbocycles. The SMILES string of the molecule is CC(=O)Nc1ccc(N)cc1OS(=O)O. The van der Waals surface area contributed by atoms with Crippen LogP contribution in [0.1, 0.15) is 6.92 Å². The third kappa shape index (κ3) is 3.56. The molecular formula is C8H10N2O4S. The first-order valence-corrected chi connectivity index (χ1v) is 4.98. The van der Waals surface area contributed by atoms with Crippen LogP contribution in [-0.4, -0.2) is 14.7 Å². The van der Waals surface area contributed by atoms with E-state index in [0.717, 1.165) is 0 Å². The van der Waals surface area contributed by atoms with Crippen LogP contribution in [0, 0.1) is 0 Å². The molecule has 0 aliphatic carbocycles. The number of amides is 1. The van der Waals surface area contributed by atoms with Gasteiger partial charge in [-0.25, -0.2) is 0 Å². The topological polar surface area (TPSA) is 102 Å². The van der Waals surface area contributed by atoms with Gasteiger partial charge >= 0.3 is 11.4 Å². The molecule has 1 aromatic rings. The number of carbonyl (C=O) groups is 1. The molecule has 0 bridgehead atoms. The molecule has 0 aromatic heterocycles. The Hall–Kier alpha value is -1.60. The third-order valence-electron chi connectivity index (χ3n) is 1.48. The standard InChI is InChI=1S/C8H10N2O4S/c1-5(11)10-7-3-2-6(9)4-8(7)14-15(12)13/h2-4H,9H2,1H3,(H,10,11)(H,12,13). The van der Waals surface area contributed by atoms with Gasteiger partial charge in [-0.15, -0.1) is 0 Å². The summed E-state index contributed by atoms with van der Waals surface area (Å²) in [5.74, 6) is -0.264. The summed E-state index contributed by atoms with van der Waals surface area (Å²) >= 11 is -2.46. The average Bonchev–Trinajstić information content (AvgIpc) is 2.08. The number of nitrogens with two attached hydrogens (primary N) is 1. The lowest BCUT2D eigenvalue weighted by Gasteiger charge is -2.08. The zero-order valence-electron chi connectivity index (χ0n) is 7.89. The van der Waals surface area contributed by atoms with Gasteiger partial charge in [-0.1, -0.05) is 0 Å². The third-order valence-corrected chi connectivity index (χ3v) is 1.80. The first-order valence-electron chi connectivity index (χ1n) is 3.95. The van der Waals surface area contributed by atoms with Gasteiger partial charge in [0, 0.05) is 18.7 Å². The molecule has 1 rings (SSSR count). The molecule has 1 aromatic carbocycles. The Labute approximate surface area is 88.9 Å². The lowest BCUT2D eigenvalue weighted by Crippen LogP contribution is -2.09. The molecule has 1 atom stereocenters. The van der Waals surface area contributed by atoms with Gasteiger partial charge < -0.3 is 15.2 Å². The van der Waals surface area contributed by atoms with Crippen LogP contribution in [0.2, 0.25) is 0 Å². The van der Waals surface area contributed by atoms with Crippen LogP contribution in [0.5, 0.6) is 5.75 Å². The molecular weight excluding hydrogens is 220 g/mol. The Morgan fingerprint density at radius 3 is 2.80 bits per heavy atom. The average molecular weight is 230 g/mol. The first kappa shape index (κ1) is 11.5. The zero-order valence-corrected chi connectivity index (χ0v) is 8.71. The smallest absolute Gasteiger partial charge is 0.357 e. The van der Waals surface area contributed by atoms with Crippen molar-refractivity contribution in [2.24, 2.45) is 0 Å². The van der Waals surface area contributed by atoms with Gasteiger partial charge in [0.1, 0.15) is 0 Å². The van der Waals surface area contributed by atoms with Crippen molar-refractivity contribution in [2.45, 2.75) is 6.92 Å². The maximum atomic E-state index is 10.8. The number of nitrogen functional groups attached to an aromatic ring is 1. The second kappa shape index (κ2) is 4.76. The molecule has 0 spiro atoms. The molecule has 4 N–H and O–H groups in total. The van der Waals surface area contributed by atoms with Gasteiger partial charge in [0.15, 0.2) is 5.75 Å². The van der Waals surface area contributed by atoms with E-state index in [9.17, 15) is 9.00 Å². The summed E-state index contributed by atoms with van der Waals surface area (Å²) in [6, 6.07) is 4.37. The van der Waals surface area contributed by atoms with Crippen molar-refractivity contribution < 1.29 is 17.7 Å². The van der Waals surface area contributed by atoms with Crippen LogP contribution in [0.15, 0.2) is 18.2 Å². The van der Waals surface area contributed by atoms with Gasteiger partial charge in [0.25, 0.3) is 0 Å². The number of carbonyl (C=O) groups excluding carboxylic acids is 1. The van der Waals surface area contributed by atoms with E-state index >= 15 is 0 Å². The minimum Gasteiger partial charge on any atom is -0.399 e. The predicted octanol–water partition coefficient (Wildman–Crippen LogP) is 0.743. The molecule has 15 heavy (non-hydrogen) atoms.